The third-order valence-electron chi connectivity index (χ3n) is 3.91. The van der Waals surface area contributed by atoms with Crippen LogP contribution in [-0.2, 0) is 0 Å². The van der Waals surface area contributed by atoms with Gasteiger partial charge in [0.15, 0.2) is 0 Å². The van der Waals surface area contributed by atoms with Gasteiger partial charge in [-0.05, 0) is 45.5 Å². The van der Waals surface area contributed by atoms with Crippen molar-refractivity contribution in [3.63, 3.8) is 0 Å². The molecule has 104 valence electrons. The van der Waals surface area contributed by atoms with Crippen molar-refractivity contribution in [1.29, 1.82) is 0 Å². The molecular formula is C21H15N. The minimum Gasteiger partial charge on any atom is -0.264 e. The van der Waals surface area contributed by atoms with E-state index in [1.807, 2.05) is 18.5 Å². The summed E-state index contributed by atoms with van der Waals surface area (Å²) in [7, 11) is 0. The lowest BCUT2D eigenvalue weighted by molar-refractivity contribution is 1.36. The Hall–Kier alpha value is -2.93. The maximum Gasteiger partial charge on any atom is 0.0346 e. The number of hydrogen-bond acceptors (Lipinski definition) is 1. The highest BCUT2D eigenvalue weighted by Gasteiger charge is 1.95. The molecule has 4 rings (SSSR count). The van der Waals surface area contributed by atoms with Gasteiger partial charge >= 0.3 is 0 Å². The van der Waals surface area contributed by atoms with E-state index >= 15 is 0 Å². The molecule has 4 aromatic rings. The summed E-state index contributed by atoms with van der Waals surface area (Å²) in [4.78, 5) is 4.18. The summed E-state index contributed by atoms with van der Waals surface area (Å²) in [6.07, 6.45) is 8.04. The molecule has 0 aliphatic heterocycles. The smallest absolute Gasteiger partial charge is 0.0346 e. The van der Waals surface area contributed by atoms with Gasteiger partial charge in [-0.2, -0.15) is 0 Å². The molecule has 0 unspecified atom stereocenters. The van der Waals surface area contributed by atoms with Crippen LogP contribution < -0.4 is 0 Å². The van der Waals surface area contributed by atoms with Crippen LogP contribution in [0.4, 0.5) is 0 Å². The van der Waals surface area contributed by atoms with Gasteiger partial charge in [-0.3, -0.25) is 4.98 Å². The minimum atomic E-state index is 1.17. The van der Waals surface area contributed by atoms with Crippen LogP contribution in [0.3, 0.4) is 0 Å². The zero-order chi connectivity index (χ0) is 14.8. The van der Waals surface area contributed by atoms with Gasteiger partial charge in [0.05, 0.1) is 0 Å². The lowest BCUT2D eigenvalue weighted by Crippen LogP contribution is -1.78. The molecular weight excluding hydrogens is 266 g/mol. The van der Waals surface area contributed by atoms with Crippen LogP contribution in [0.25, 0.3) is 33.7 Å². The Morgan fingerprint density at radius 2 is 1.23 bits per heavy atom. The number of hydrogen-bond donors (Lipinski definition) is 0. The Kier molecular flexibility index (Phi) is 3.17. The fourth-order valence-electron chi connectivity index (χ4n) is 2.71. The lowest BCUT2D eigenvalue weighted by atomic mass is 10.0. The first-order valence-electron chi connectivity index (χ1n) is 7.39. The van der Waals surface area contributed by atoms with E-state index in [4.69, 9.17) is 0 Å². The third kappa shape index (κ3) is 2.49. The molecule has 0 N–H and O–H groups in total. The van der Waals surface area contributed by atoms with Crippen LogP contribution >= 0.6 is 0 Å². The van der Waals surface area contributed by atoms with Crippen LogP contribution in [-0.4, -0.2) is 4.98 Å². The molecule has 0 aliphatic rings. The van der Waals surface area contributed by atoms with Crippen molar-refractivity contribution in [2.45, 2.75) is 0 Å². The number of pyridine rings is 1. The van der Waals surface area contributed by atoms with Gasteiger partial charge in [0.2, 0.25) is 0 Å². The third-order valence-corrected chi connectivity index (χ3v) is 3.91. The SMILES string of the molecule is C(=C/c1ccc2ccncc2c1)/c1ccc2ccccc2c1. The van der Waals surface area contributed by atoms with E-state index in [9.17, 15) is 0 Å². The van der Waals surface area contributed by atoms with Crippen molar-refractivity contribution in [1.82, 2.24) is 4.98 Å². The van der Waals surface area contributed by atoms with E-state index in [1.165, 1.54) is 32.7 Å². The first-order valence-corrected chi connectivity index (χ1v) is 7.39. The quantitative estimate of drug-likeness (QED) is 0.438. The summed E-state index contributed by atoms with van der Waals surface area (Å²) < 4.78 is 0. The predicted molar refractivity (Wildman–Crippen MR) is 94.6 cm³/mol. The van der Waals surface area contributed by atoms with Gasteiger partial charge in [0.25, 0.3) is 0 Å². The molecule has 22 heavy (non-hydrogen) atoms. The maximum absolute atomic E-state index is 4.18. The second-order valence-corrected chi connectivity index (χ2v) is 5.42. The zero-order valence-electron chi connectivity index (χ0n) is 12.1. The zero-order valence-corrected chi connectivity index (χ0v) is 12.1. The van der Waals surface area contributed by atoms with Gasteiger partial charge in [0.1, 0.15) is 0 Å². The number of fused-ring (bicyclic) bond motifs is 2. The van der Waals surface area contributed by atoms with Gasteiger partial charge < -0.3 is 0 Å². The second kappa shape index (κ2) is 5.45. The highest BCUT2D eigenvalue weighted by Crippen LogP contribution is 2.19. The summed E-state index contributed by atoms with van der Waals surface area (Å²) in [5.41, 5.74) is 2.40. The van der Waals surface area contributed by atoms with Crippen molar-refractivity contribution in [3.05, 3.63) is 90.3 Å². The molecule has 1 heteroatoms. The molecule has 0 saturated carbocycles. The van der Waals surface area contributed by atoms with E-state index in [2.05, 4.69) is 77.8 Å². The average Bonchev–Trinajstić information content (AvgIpc) is 2.59. The molecule has 3 aromatic carbocycles. The Labute approximate surface area is 129 Å². The first-order chi connectivity index (χ1) is 10.9. The van der Waals surface area contributed by atoms with Gasteiger partial charge in [-0.1, -0.05) is 60.7 Å². The van der Waals surface area contributed by atoms with Gasteiger partial charge in [-0.25, -0.2) is 0 Å². The molecule has 0 radical (unpaired) electrons. The molecule has 0 fully saturated rings. The molecule has 0 amide bonds. The van der Waals surface area contributed by atoms with Crippen molar-refractivity contribution in [2.24, 2.45) is 0 Å². The monoisotopic (exact) mass is 281 g/mol. The normalized spacial score (nSPS) is 11.5. The largest absolute Gasteiger partial charge is 0.264 e. The summed E-state index contributed by atoms with van der Waals surface area (Å²) in [6, 6.07) is 23.4. The Bertz CT molecular complexity index is 902. The van der Waals surface area contributed by atoms with Crippen LogP contribution in [0.2, 0.25) is 0 Å². The van der Waals surface area contributed by atoms with Crippen molar-refractivity contribution in [2.75, 3.05) is 0 Å². The summed E-state index contributed by atoms with van der Waals surface area (Å²) in [5.74, 6) is 0. The fourth-order valence-corrected chi connectivity index (χ4v) is 2.71. The van der Waals surface area contributed by atoms with Gasteiger partial charge in [0, 0.05) is 17.8 Å². The maximum atomic E-state index is 4.18. The molecule has 1 aromatic heterocycles. The number of nitrogens with zero attached hydrogens (tertiary/aromatic N) is 1. The van der Waals surface area contributed by atoms with Crippen molar-refractivity contribution >= 4 is 33.7 Å². The molecule has 0 atom stereocenters. The number of rotatable bonds is 2. The second-order valence-electron chi connectivity index (χ2n) is 5.42. The van der Waals surface area contributed by atoms with E-state index in [-0.39, 0.29) is 0 Å². The Morgan fingerprint density at radius 1 is 0.591 bits per heavy atom. The van der Waals surface area contributed by atoms with E-state index in [1.54, 1.807) is 0 Å². The van der Waals surface area contributed by atoms with E-state index in [0.717, 1.165) is 0 Å². The molecule has 1 nitrogen and oxygen atoms in total. The molecule has 1 heterocycles. The van der Waals surface area contributed by atoms with Gasteiger partial charge in [-0.15, -0.1) is 0 Å². The van der Waals surface area contributed by atoms with Crippen LogP contribution in [0, 0.1) is 0 Å². The number of benzene rings is 3. The van der Waals surface area contributed by atoms with E-state index in [0.29, 0.717) is 0 Å². The Balaban J connectivity index is 1.68. The van der Waals surface area contributed by atoms with E-state index < -0.39 is 0 Å². The van der Waals surface area contributed by atoms with Crippen LogP contribution in [0.5, 0.6) is 0 Å². The highest BCUT2D eigenvalue weighted by atomic mass is 14.6. The first kappa shape index (κ1) is 12.8. The predicted octanol–water partition coefficient (Wildman–Crippen LogP) is 5.56. The lowest BCUT2D eigenvalue weighted by Gasteiger charge is -2.00. The topological polar surface area (TPSA) is 12.9 Å². The summed E-state index contributed by atoms with van der Waals surface area (Å²) >= 11 is 0. The van der Waals surface area contributed by atoms with Crippen molar-refractivity contribution in [3.8, 4) is 0 Å². The van der Waals surface area contributed by atoms with Crippen LogP contribution in [0.15, 0.2) is 79.1 Å². The Morgan fingerprint density at radius 3 is 2.00 bits per heavy atom. The molecule has 0 spiro atoms. The number of aromatic nitrogens is 1. The minimum absolute atomic E-state index is 1.17. The summed E-state index contributed by atoms with van der Waals surface area (Å²) in [6.45, 7) is 0. The highest BCUT2D eigenvalue weighted by molar-refractivity contribution is 5.87. The standard InChI is InChI=1S/C21H15N/c1-2-4-20-13-16(7-9-18(20)3-1)5-6-17-8-10-19-11-12-22-15-21(19)14-17/h1-15H/b6-5-. The average molecular weight is 281 g/mol. The summed E-state index contributed by atoms with van der Waals surface area (Å²) in [5, 5.41) is 4.94. The fraction of sp³-hybridized carbons (Fsp3) is 0. The molecule has 0 bridgehead atoms. The molecule has 0 saturated heterocycles. The van der Waals surface area contributed by atoms with Crippen LogP contribution in [0.1, 0.15) is 11.1 Å². The van der Waals surface area contributed by atoms with Crippen molar-refractivity contribution < 1.29 is 0 Å². The molecule has 0 aliphatic carbocycles.